The molecule has 0 spiro atoms. The van der Waals surface area contributed by atoms with Crippen molar-refractivity contribution < 1.29 is 18.9 Å². The molecule has 0 saturated carbocycles. The lowest BCUT2D eigenvalue weighted by Crippen LogP contribution is -2.33. The van der Waals surface area contributed by atoms with Gasteiger partial charge in [-0.15, -0.1) is 0 Å². The summed E-state index contributed by atoms with van der Waals surface area (Å²) in [5, 5.41) is 3.41. The Bertz CT molecular complexity index is 418. The number of nitrogens with one attached hydrogen (secondary N) is 1. The summed E-state index contributed by atoms with van der Waals surface area (Å²) in [5.41, 5.74) is 1.15. The van der Waals surface area contributed by atoms with Crippen LogP contribution in [0.2, 0.25) is 0 Å². The summed E-state index contributed by atoms with van der Waals surface area (Å²) in [6, 6.07) is 6.18. The number of benzene rings is 1. The van der Waals surface area contributed by atoms with Gasteiger partial charge < -0.3 is 24.3 Å². The molecule has 0 aliphatic carbocycles. The Morgan fingerprint density at radius 3 is 2.55 bits per heavy atom. The summed E-state index contributed by atoms with van der Waals surface area (Å²) >= 11 is 0. The molecule has 1 aromatic rings. The second-order valence-electron chi connectivity index (χ2n) is 4.58. The molecular formula is C15H23NO4. The molecule has 0 amide bonds. The summed E-state index contributed by atoms with van der Waals surface area (Å²) in [4.78, 5) is 0. The number of hydrogen-bond acceptors (Lipinski definition) is 5. The Labute approximate surface area is 120 Å². The lowest BCUT2D eigenvalue weighted by atomic mass is 10.1. The first-order chi connectivity index (χ1) is 9.74. The van der Waals surface area contributed by atoms with E-state index >= 15 is 0 Å². The van der Waals surface area contributed by atoms with Crippen molar-refractivity contribution in [1.82, 2.24) is 5.32 Å². The van der Waals surface area contributed by atoms with E-state index in [-0.39, 0.29) is 12.3 Å². The second kappa shape index (κ2) is 7.47. The molecule has 0 saturated heterocycles. The molecule has 112 valence electrons. The van der Waals surface area contributed by atoms with Crippen molar-refractivity contribution in [3.8, 4) is 11.5 Å². The van der Waals surface area contributed by atoms with Gasteiger partial charge in [0.2, 0.25) is 6.79 Å². The summed E-state index contributed by atoms with van der Waals surface area (Å²) in [6.45, 7) is 8.27. The quantitative estimate of drug-likeness (QED) is 0.742. The molecule has 0 bridgehead atoms. The van der Waals surface area contributed by atoms with E-state index in [0.717, 1.165) is 17.1 Å². The van der Waals surface area contributed by atoms with Crippen LogP contribution in [0.4, 0.5) is 0 Å². The molecular weight excluding hydrogens is 258 g/mol. The molecule has 0 fully saturated rings. The molecule has 1 aromatic carbocycles. The molecule has 20 heavy (non-hydrogen) atoms. The molecule has 5 heteroatoms. The molecule has 5 nitrogen and oxygen atoms in total. The van der Waals surface area contributed by atoms with Gasteiger partial charge >= 0.3 is 0 Å². The molecule has 1 unspecified atom stereocenters. The predicted molar refractivity (Wildman–Crippen MR) is 76.0 cm³/mol. The number of rotatable bonds is 8. The molecule has 1 aliphatic heterocycles. The third kappa shape index (κ3) is 3.85. The maximum absolute atomic E-state index is 5.51. The van der Waals surface area contributed by atoms with Gasteiger partial charge in [-0.1, -0.05) is 6.07 Å². The van der Waals surface area contributed by atoms with Crippen molar-refractivity contribution in [3.05, 3.63) is 23.8 Å². The van der Waals surface area contributed by atoms with E-state index in [1.54, 1.807) is 0 Å². The minimum atomic E-state index is -0.207. The van der Waals surface area contributed by atoms with E-state index in [1.165, 1.54) is 0 Å². The van der Waals surface area contributed by atoms with E-state index in [1.807, 2.05) is 32.0 Å². The smallest absolute Gasteiger partial charge is 0.231 e. The number of hydrogen-bond donors (Lipinski definition) is 1. The third-order valence-electron chi connectivity index (χ3n) is 3.19. The van der Waals surface area contributed by atoms with Crippen LogP contribution in [0, 0.1) is 0 Å². The van der Waals surface area contributed by atoms with Crippen molar-refractivity contribution in [2.24, 2.45) is 0 Å². The monoisotopic (exact) mass is 281 g/mol. The molecule has 0 radical (unpaired) electrons. The van der Waals surface area contributed by atoms with Crippen LogP contribution < -0.4 is 14.8 Å². The average molecular weight is 281 g/mol. The van der Waals surface area contributed by atoms with Gasteiger partial charge in [0.15, 0.2) is 17.8 Å². The zero-order chi connectivity index (χ0) is 14.4. The Morgan fingerprint density at radius 1 is 1.15 bits per heavy atom. The maximum atomic E-state index is 5.51. The first-order valence-electron chi connectivity index (χ1n) is 7.10. The largest absolute Gasteiger partial charge is 0.454 e. The third-order valence-corrected chi connectivity index (χ3v) is 3.19. The Kier molecular flexibility index (Phi) is 5.64. The Morgan fingerprint density at radius 2 is 1.85 bits per heavy atom. The van der Waals surface area contributed by atoms with E-state index in [9.17, 15) is 0 Å². The van der Waals surface area contributed by atoms with Crippen molar-refractivity contribution in [3.63, 3.8) is 0 Å². The van der Waals surface area contributed by atoms with Crippen LogP contribution >= 0.6 is 0 Å². The normalized spacial score (nSPS) is 14.8. The van der Waals surface area contributed by atoms with Crippen LogP contribution in [0.1, 0.15) is 32.4 Å². The number of fused-ring (bicyclic) bond motifs is 1. The summed E-state index contributed by atoms with van der Waals surface area (Å²) in [5.74, 6) is 1.62. The molecule has 2 rings (SSSR count). The van der Waals surface area contributed by atoms with Crippen LogP contribution in [0.15, 0.2) is 18.2 Å². The average Bonchev–Trinajstić information content (AvgIpc) is 2.92. The lowest BCUT2D eigenvalue weighted by molar-refractivity contribution is -0.133. The predicted octanol–water partition coefficient (Wildman–Crippen LogP) is 2.47. The van der Waals surface area contributed by atoms with Gasteiger partial charge in [0.05, 0.1) is 0 Å². The van der Waals surface area contributed by atoms with Crippen LogP contribution in [0.5, 0.6) is 11.5 Å². The van der Waals surface area contributed by atoms with E-state index in [4.69, 9.17) is 18.9 Å². The summed E-state index contributed by atoms with van der Waals surface area (Å²) in [7, 11) is 0. The lowest BCUT2D eigenvalue weighted by Gasteiger charge is -2.21. The fourth-order valence-corrected chi connectivity index (χ4v) is 2.11. The van der Waals surface area contributed by atoms with Crippen LogP contribution in [-0.2, 0) is 9.47 Å². The van der Waals surface area contributed by atoms with Gasteiger partial charge in [-0.25, -0.2) is 0 Å². The highest BCUT2D eigenvalue weighted by molar-refractivity contribution is 5.45. The van der Waals surface area contributed by atoms with Gasteiger partial charge in [0.1, 0.15) is 0 Å². The zero-order valence-corrected chi connectivity index (χ0v) is 12.3. The summed E-state index contributed by atoms with van der Waals surface area (Å²) < 4.78 is 21.7. The SMILES string of the molecule is CCOC(CNC(C)c1ccc2c(c1)OCO2)OCC. The fraction of sp³-hybridized carbons (Fsp3) is 0.600. The summed E-state index contributed by atoms with van der Waals surface area (Å²) in [6.07, 6.45) is -0.207. The van der Waals surface area contributed by atoms with Crippen molar-refractivity contribution in [1.29, 1.82) is 0 Å². The van der Waals surface area contributed by atoms with Gasteiger partial charge in [-0.05, 0) is 38.5 Å². The standard InChI is InChI=1S/C15H23NO4/c1-4-17-15(18-5-2)9-16-11(3)12-6-7-13-14(8-12)20-10-19-13/h6-8,11,15-16H,4-5,9-10H2,1-3H3. The van der Waals surface area contributed by atoms with Gasteiger partial charge in [-0.2, -0.15) is 0 Å². The van der Waals surface area contributed by atoms with Gasteiger partial charge in [0, 0.05) is 25.8 Å². The molecule has 1 N–H and O–H groups in total. The van der Waals surface area contributed by atoms with Crippen molar-refractivity contribution in [2.75, 3.05) is 26.6 Å². The maximum Gasteiger partial charge on any atom is 0.231 e. The van der Waals surface area contributed by atoms with Crippen LogP contribution in [0.25, 0.3) is 0 Å². The first kappa shape index (κ1) is 15.1. The van der Waals surface area contributed by atoms with Crippen molar-refractivity contribution in [2.45, 2.75) is 33.1 Å². The first-order valence-corrected chi connectivity index (χ1v) is 7.10. The van der Waals surface area contributed by atoms with Crippen molar-refractivity contribution >= 4 is 0 Å². The molecule has 1 atom stereocenters. The van der Waals surface area contributed by atoms with E-state index < -0.39 is 0 Å². The molecule has 1 aliphatic rings. The van der Waals surface area contributed by atoms with E-state index in [2.05, 4.69) is 12.2 Å². The Hall–Kier alpha value is -1.30. The minimum absolute atomic E-state index is 0.188. The second-order valence-corrected chi connectivity index (χ2v) is 4.58. The van der Waals surface area contributed by atoms with Crippen LogP contribution in [-0.4, -0.2) is 32.8 Å². The highest BCUT2D eigenvalue weighted by Crippen LogP contribution is 2.34. The highest BCUT2D eigenvalue weighted by atomic mass is 16.7. The van der Waals surface area contributed by atoms with Gasteiger partial charge in [-0.3, -0.25) is 0 Å². The van der Waals surface area contributed by atoms with Crippen LogP contribution in [0.3, 0.4) is 0 Å². The number of ether oxygens (including phenoxy) is 4. The topological polar surface area (TPSA) is 49.0 Å². The zero-order valence-electron chi connectivity index (χ0n) is 12.3. The Balaban J connectivity index is 1.89. The fourth-order valence-electron chi connectivity index (χ4n) is 2.11. The molecule has 1 heterocycles. The van der Waals surface area contributed by atoms with E-state index in [0.29, 0.717) is 26.6 Å². The minimum Gasteiger partial charge on any atom is -0.454 e. The molecule has 0 aromatic heterocycles. The highest BCUT2D eigenvalue weighted by Gasteiger charge is 2.16. The van der Waals surface area contributed by atoms with Gasteiger partial charge in [0.25, 0.3) is 0 Å².